The number of fused-ring (bicyclic) bond motifs is 1. The highest BCUT2D eigenvalue weighted by Gasteiger charge is 2.32. The van der Waals surface area contributed by atoms with E-state index in [1.807, 2.05) is 36.4 Å². The highest BCUT2D eigenvalue weighted by molar-refractivity contribution is 7.19. The molecule has 1 atom stereocenters. The zero-order valence-corrected chi connectivity index (χ0v) is 18.6. The Kier molecular flexibility index (Phi) is 6.96. The van der Waals surface area contributed by atoms with Crippen LogP contribution in [0.25, 0.3) is 15.8 Å². The van der Waals surface area contributed by atoms with Crippen LogP contribution >= 0.6 is 22.9 Å². The Morgan fingerprint density at radius 1 is 1.22 bits per heavy atom. The highest BCUT2D eigenvalue weighted by atomic mass is 35.5. The van der Waals surface area contributed by atoms with Gasteiger partial charge >= 0.3 is 11.3 Å². The largest absolute Gasteiger partial charge is 0.363 e. The Balaban J connectivity index is 1.64. The van der Waals surface area contributed by atoms with Crippen LogP contribution in [0.2, 0.25) is 0 Å². The standard InChI is InChI=1S/C23H20ClN3O4S/c1-2-12-30-27(23(24)29)18-13-17(21-25-19-10-6-7-11-20(19)32-21)14-26(15-18)31-22(28)16-8-4-3-5-9-16/h2-11,13,18H,1,12,14-15H2. The summed E-state index contributed by atoms with van der Waals surface area (Å²) in [6, 6.07) is 15.9. The van der Waals surface area contributed by atoms with E-state index in [4.69, 9.17) is 26.3 Å². The number of hydrogen-bond acceptors (Lipinski definition) is 7. The van der Waals surface area contributed by atoms with Crippen molar-refractivity contribution in [2.75, 3.05) is 19.7 Å². The van der Waals surface area contributed by atoms with Crippen LogP contribution in [0.5, 0.6) is 0 Å². The number of thiazole rings is 1. The van der Waals surface area contributed by atoms with Gasteiger partial charge in [0, 0.05) is 5.57 Å². The fourth-order valence-corrected chi connectivity index (χ4v) is 4.47. The van der Waals surface area contributed by atoms with Gasteiger partial charge in [-0.3, -0.25) is 9.63 Å². The fourth-order valence-electron chi connectivity index (χ4n) is 3.31. The van der Waals surface area contributed by atoms with Crippen molar-refractivity contribution in [3.63, 3.8) is 0 Å². The van der Waals surface area contributed by atoms with Gasteiger partial charge in [-0.2, -0.15) is 5.06 Å². The second-order valence-corrected chi connectivity index (χ2v) is 8.33. The third-order valence-electron chi connectivity index (χ3n) is 4.73. The molecule has 1 aliphatic rings. The summed E-state index contributed by atoms with van der Waals surface area (Å²) < 4.78 is 1.03. The first kappa shape index (κ1) is 22.2. The minimum atomic E-state index is -0.784. The van der Waals surface area contributed by atoms with Crippen LogP contribution in [0.3, 0.4) is 0 Å². The molecule has 1 aliphatic heterocycles. The smallest absolute Gasteiger partial charge is 0.357 e. The van der Waals surface area contributed by atoms with Crippen molar-refractivity contribution in [3.8, 4) is 0 Å². The van der Waals surface area contributed by atoms with Gasteiger partial charge in [0.1, 0.15) is 5.01 Å². The molecule has 1 aromatic heterocycles. The van der Waals surface area contributed by atoms with Crippen LogP contribution in [0.4, 0.5) is 4.79 Å². The molecule has 0 bridgehead atoms. The summed E-state index contributed by atoms with van der Waals surface area (Å²) in [5.41, 5.74) is 2.10. The Hall–Kier alpha value is -3.04. The summed E-state index contributed by atoms with van der Waals surface area (Å²) in [7, 11) is 0. The van der Waals surface area contributed by atoms with E-state index >= 15 is 0 Å². The number of benzene rings is 2. The number of hydrogen-bond donors (Lipinski definition) is 0. The van der Waals surface area contributed by atoms with Crippen LogP contribution in [0.15, 0.2) is 73.3 Å². The fraction of sp³-hybridized carbons (Fsp3) is 0.174. The van der Waals surface area contributed by atoms with Gasteiger partial charge in [-0.25, -0.2) is 9.78 Å². The number of carbonyl (C=O) groups is 2. The molecule has 3 aromatic rings. The Labute approximate surface area is 194 Å². The van der Waals surface area contributed by atoms with Crippen molar-refractivity contribution in [2.24, 2.45) is 0 Å². The van der Waals surface area contributed by atoms with Gasteiger partial charge in [-0.1, -0.05) is 42.5 Å². The van der Waals surface area contributed by atoms with Crippen molar-refractivity contribution >= 4 is 50.1 Å². The van der Waals surface area contributed by atoms with Crippen molar-refractivity contribution in [2.45, 2.75) is 6.04 Å². The average Bonchev–Trinajstić information content (AvgIpc) is 3.24. The Morgan fingerprint density at radius 2 is 1.97 bits per heavy atom. The number of aromatic nitrogens is 1. The van der Waals surface area contributed by atoms with Crippen molar-refractivity contribution in [1.82, 2.24) is 15.1 Å². The third-order valence-corrected chi connectivity index (χ3v) is 6.01. The number of amides is 1. The average molecular weight is 470 g/mol. The SMILES string of the molecule is C=CCON(C(=O)Cl)C1C=C(c2nc3ccccc3s2)CN(OC(=O)c2ccccc2)C1. The van der Waals surface area contributed by atoms with Gasteiger partial charge < -0.3 is 4.84 Å². The summed E-state index contributed by atoms with van der Waals surface area (Å²) in [6.45, 7) is 4.19. The maximum atomic E-state index is 12.6. The molecule has 0 saturated heterocycles. The quantitative estimate of drug-likeness (QED) is 0.212. The lowest BCUT2D eigenvalue weighted by atomic mass is 10.1. The Morgan fingerprint density at radius 3 is 2.69 bits per heavy atom. The molecule has 164 valence electrons. The molecule has 2 heterocycles. The first-order valence-electron chi connectivity index (χ1n) is 9.86. The summed E-state index contributed by atoms with van der Waals surface area (Å²) in [5.74, 6) is -0.495. The molecule has 0 radical (unpaired) electrons. The summed E-state index contributed by atoms with van der Waals surface area (Å²) in [6.07, 6.45) is 3.38. The van der Waals surface area contributed by atoms with Gasteiger partial charge in [0.15, 0.2) is 0 Å². The second kappa shape index (κ2) is 10.1. The molecule has 9 heteroatoms. The molecule has 0 aliphatic carbocycles. The molecule has 2 aromatic carbocycles. The predicted molar refractivity (Wildman–Crippen MR) is 124 cm³/mol. The molecule has 0 N–H and O–H groups in total. The van der Waals surface area contributed by atoms with Crippen molar-refractivity contribution < 1.29 is 19.3 Å². The topological polar surface area (TPSA) is 72.0 Å². The molecule has 0 fully saturated rings. The van der Waals surface area contributed by atoms with Crippen LogP contribution < -0.4 is 0 Å². The molecular weight excluding hydrogens is 450 g/mol. The van der Waals surface area contributed by atoms with E-state index in [0.717, 1.165) is 25.9 Å². The maximum absolute atomic E-state index is 12.6. The monoisotopic (exact) mass is 469 g/mol. The van der Waals surface area contributed by atoms with E-state index in [-0.39, 0.29) is 13.2 Å². The molecule has 4 rings (SSSR count). The molecule has 1 unspecified atom stereocenters. The van der Waals surface area contributed by atoms with E-state index in [0.29, 0.717) is 12.1 Å². The first-order chi connectivity index (χ1) is 15.5. The molecule has 32 heavy (non-hydrogen) atoms. The van der Waals surface area contributed by atoms with Crippen LogP contribution in [0, 0.1) is 0 Å². The van der Waals surface area contributed by atoms with Crippen LogP contribution in [-0.4, -0.2) is 52.2 Å². The van der Waals surface area contributed by atoms with Crippen LogP contribution in [0.1, 0.15) is 15.4 Å². The summed E-state index contributed by atoms with van der Waals surface area (Å²) in [4.78, 5) is 40.5. The molecule has 0 saturated carbocycles. The number of halogens is 1. The lowest BCUT2D eigenvalue weighted by Gasteiger charge is -2.34. The second-order valence-electron chi connectivity index (χ2n) is 6.98. The van der Waals surface area contributed by atoms with E-state index in [1.54, 1.807) is 24.3 Å². The highest BCUT2D eigenvalue weighted by Crippen LogP contribution is 2.31. The zero-order chi connectivity index (χ0) is 22.5. The summed E-state index contributed by atoms with van der Waals surface area (Å²) >= 11 is 7.30. The predicted octanol–water partition coefficient (Wildman–Crippen LogP) is 4.91. The lowest BCUT2D eigenvalue weighted by Crippen LogP contribution is -2.48. The number of hydroxylamine groups is 4. The Bertz CT molecular complexity index is 1130. The zero-order valence-electron chi connectivity index (χ0n) is 17.0. The number of carbonyl (C=O) groups excluding carboxylic acids is 2. The van der Waals surface area contributed by atoms with Gasteiger partial charge in [-0.05, 0) is 35.9 Å². The third kappa shape index (κ3) is 5.05. The maximum Gasteiger partial charge on any atom is 0.357 e. The van der Waals surface area contributed by atoms with E-state index < -0.39 is 17.4 Å². The molecular formula is C23H20ClN3O4S. The number of nitrogens with zero attached hydrogens (tertiary/aromatic N) is 3. The van der Waals surface area contributed by atoms with Crippen molar-refractivity contribution in [1.29, 1.82) is 0 Å². The number of para-hydroxylation sites is 1. The number of rotatable bonds is 7. The molecule has 7 nitrogen and oxygen atoms in total. The minimum absolute atomic E-state index is 0.100. The van der Waals surface area contributed by atoms with E-state index in [2.05, 4.69) is 6.58 Å². The van der Waals surface area contributed by atoms with Gasteiger partial charge in [-0.15, -0.1) is 23.0 Å². The molecule has 0 spiro atoms. The van der Waals surface area contributed by atoms with Gasteiger partial charge in [0.25, 0.3) is 0 Å². The molecule has 1 amide bonds. The minimum Gasteiger partial charge on any atom is -0.363 e. The lowest BCUT2D eigenvalue weighted by molar-refractivity contribution is -0.155. The van der Waals surface area contributed by atoms with Crippen molar-refractivity contribution in [3.05, 3.63) is 83.9 Å². The van der Waals surface area contributed by atoms with Gasteiger partial charge in [0.05, 0.1) is 41.5 Å². The van der Waals surface area contributed by atoms with Crippen LogP contribution in [-0.2, 0) is 9.68 Å². The van der Waals surface area contributed by atoms with E-state index in [1.165, 1.54) is 22.5 Å². The summed E-state index contributed by atoms with van der Waals surface area (Å²) in [5, 5.41) is 2.53. The first-order valence-corrected chi connectivity index (χ1v) is 11.1. The van der Waals surface area contributed by atoms with E-state index in [9.17, 15) is 9.59 Å². The van der Waals surface area contributed by atoms with Gasteiger partial charge in [0.2, 0.25) is 0 Å². The normalized spacial score (nSPS) is 16.4.